The maximum Gasteiger partial charge on any atom is 0.354 e. The van der Waals surface area contributed by atoms with Crippen molar-refractivity contribution in [3.63, 3.8) is 0 Å². The van der Waals surface area contributed by atoms with E-state index in [1.54, 1.807) is 23.1 Å². The van der Waals surface area contributed by atoms with Crippen LogP contribution in [-0.2, 0) is 6.54 Å². The molecule has 2 aromatic rings. The van der Waals surface area contributed by atoms with Crippen LogP contribution in [0.1, 0.15) is 20.8 Å². The van der Waals surface area contributed by atoms with Gasteiger partial charge in [0.25, 0.3) is 5.91 Å². The van der Waals surface area contributed by atoms with Crippen LogP contribution in [0.15, 0.2) is 36.8 Å². The number of aromatic carboxylic acids is 1. The lowest BCUT2D eigenvalue weighted by atomic mass is 10.2. The standard InChI is InChI=1S/C12H12N4O3/c17-11(13-5-7-16-6-1-4-15-16)9-2-3-10(12(18)19)14-8-9/h1-4,6,8H,5,7H2,(H,13,17)(H,18,19). The zero-order valence-corrected chi connectivity index (χ0v) is 9.98. The van der Waals surface area contributed by atoms with Gasteiger partial charge in [0.15, 0.2) is 0 Å². The number of hydrogen-bond acceptors (Lipinski definition) is 4. The molecule has 0 aliphatic rings. The minimum Gasteiger partial charge on any atom is -0.477 e. The van der Waals surface area contributed by atoms with E-state index in [-0.39, 0.29) is 11.6 Å². The molecular weight excluding hydrogens is 248 g/mol. The first-order valence-electron chi connectivity index (χ1n) is 5.62. The van der Waals surface area contributed by atoms with Crippen LogP contribution in [-0.4, -0.2) is 38.3 Å². The minimum absolute atomic E-state index is 0.0897. The topological polar surface area (TPSA) is 97.1 Å². The van der Waals surface area contributed by atoms with Gasteiger partial charge in [-0.1, -0.05) is 0 Å². The van der Waals surface area contributed by atoms with Gasteiger partial charge in [-0.15, -0.1) is 0 Å². The maximum atomic E-state index is 11.7. The second-order valence-corrected chi connectivity index (χ2v) is 3.76. The molecule has 0 fully saturated rings. The van der Waals surface area contributed by atoms with Crippen LogP contribution in [0, 0.1) is 0 Å². The largest absolute Gasteiger partial charge is 0.477 e. The molecule has 2 aromatic heterocycles. The Hall–Kier alpha value is -2.70. The lowest BCUT2D eigenvalue weighted by molar-refractivity contribution is 0.0689. The quantitative estimate of drug-likeness (QED) is 0.811. The fourth-order valence-electron chi connectivity index (χ4n) is 1.47. The third-order valence-electron chi connectivity index (χ3n) is 2.43. The molecule has 0 saturated heterocycles. The molecule has 0 aliphatic carbocycles. The third-order valence-corrected chi connectivity index (χ3v) is 2.43. The first-order chi connectivity index (χ1) is 9.16. The van der Waals surface area contributed by atoms with Crippen LogP contribution >= 0.6 is 0 Å². The minimum atomic E-state index is -1.12. The van der Waals surface area contributed by atoms with E-state index in [1.807, 2.05) is 0 Å². The molecule has 0 aliphatic heterocycles. The molecule has 0 saturated carbocycles. The SMILES string of the molecule is O=C(NCCn1cccn1)c1ccc(C(=O)O)nc1. The molecule has 1 amide bonds. The summed E-state index contributed by atoms with van der Waals surface area (Å²) in [6, 6.07) is 4.53. The highest BCUT2D eigenvalue weighted by molar-refractivity contribution is 5.94. The van der Waals surface area contributed by atoms with Gasteiger partial charge in [0.05, 0.1) is 12.1 Å². The summed E-state index contributed by atoms with van der Waals surface area (Å²) in [5.41, 5.74) is 0.235. The van der Waals surface area contributed by atoms with Crippen molar-refractivity contribution in [2.75, 3.05) is 6.54 Å². The van der Waals surface area contributed by atoms with E-state index in [4.69, 9.17) is 5.11 Å². The molecule has 19 heavy (non-hydrogen) atoms. The van der Waals surface area contributed by atoms with E-state index in [2.05, 4.69) is 15.4 Å². The summed E-state index contributed by atoms with van der Waals surface area (Å²) in [5, 5.41) is 15.4. The zero-order valence-electron chi connectivity index (χ0n) is 9.98. The Morgan fingerprint density at radius 1 is 1.37 bits per heavy atom. The van der Waals surface area contributed by atoms with Crippen molar-refractivity contribution < 1.29 is 14.7 Å². The Labute approximate surface area is 108 Å². The van der Waals surface area contributed by atoms with Gasteiger partial charge in [-0.25, -0.2) is 9.78 Å². The molecule has 0 spiro atoms. The van der Waals surface area contributed by atoms with Gasteiger partial charge in [0.1, 0.15) is 5.69 Å². The molecule has 0 aromatic carbocycles. The van der Waals surface area contributed by atoms with E-state index in [0.717, 1.165) is 0 Å². The molecule has 2 heterocycles. The predicted octanol–water partition coefficient (Wildman–Crippen LogP) is 0.406. The number of carbonyl (C=O) groups excluding carboxylic acids is 1. The number of amides is 1. The highest BCUT2D eigenvalue weighted by Crippen LogP contribution is 2.00. The fraction of sp³-hybridized carbons (Fsp3) is 0.167. The molecule has 0 bridgehead atoms. The number of hydrogen-bond donors (Lipinski definition) is 2. The summed E-state index contributed by atoms with van der Waals surface area (Å²) in [6.45, 7) is 1.00. The number of carboxylic acids is 1. The highest BCUT2D eigenvalue weighted by atomic mass is 16.4. The van der Waals surface area contributed by atoms with Crippen LogP contribution in [0.5, 0.6) is 0 Å². The van der Waals surface area contributed by atoms with Crippen molar-refractivity contribution in [3.8, 4) is 0 Å². The average Bonchev–Trinajstić information content (AvgIpc) is 2.92. The third kappa shape index (κ3) is 3.38. The van der Waals surface area contributed by atoms with Crippen LogP contribution in [0.3, 0.4) is 0 Å². The highest BCUT2D eigenvalue weighted by Gasteiger charge is 2.08. The van der Waals surface area contributed by atoms with E-state index >= 15 is 0 Å². The van der Waals surface area contributed by atoms with Crippen molar-refractivity contribution in [2.45, 2.75) is 6.54 Å². The lowest BCUT2D eigenvalue weighted by Gasteiger charge is -2.05. The van der Waals surface area contributed by atoms with Crippen LogP contribution in [0.4, 0.5) is 0 Å². The number of pyridine rings is 1. The van der Waals surface area contributed by atoms with Gasteiger partial charge < -0.3 is 10.4 Å². The van der Waals surface area contributed by atoms with Crippen molar-refractivity contribution in [2.24, 2.45) is 0 Å². The van der Waals surface area contributed by atoms with Gasteiger partial charge in [0.2, 0.25) is 0 Å². The molecule has 7 heteroatoms. The summed E-state index contributed by atoms with van der Waals surface area (Å²) in [6.07, 6.45) is 4.71. The van der Waals surface area contributed by atoms with Gasteiger partial charge in [-0.05, 0) is 18.2 Å². The number of aromatic nitrogens is 3. The van der Waals surface area contributed by atoms with Crippen molar-refractivity contribution in [1.29, 1.82) is 0 Å². The van der Waals surface area contributed by atoms with Crippen molar-refractivity contribution in [3.05, 3.63) is 48.0 Å². The molecule has 98 valence electrons. The molecule has 2 rings (SSSR count). The van der Waals surface area contributed by atoms with Gasteiger partial charge >= 0.3 is 5.97 Å². The monoisotopic (exact) mass is 260 g/mol. The lowest BCUT2D eigenvalue weighted by Crippen LogP contribution is -2.27. The van der Waals surface area contributed by atoms with Gasteiger partial charge in [-0.3, -0.25) is 9.48 Å². The molecule has 7 nitrogen and oxygen atoms in total. The van der Waals surface area contributed by atoms with E-state index < -0.39 is 5.97 Å². The first kappa shape index (κ1) is 12.7. The van der Waals surface area contributed by atoms with Crippen molar-refractivity contribution in [1.82, 2.24) is 20.1 Å². The fourth-order valence-corrected chi connectivity index (χ4v) is 1.47. The summed E-state index contributed by atoms with van der Waals surface area (Å²) in [5.74, 6) is -1.41. The second-order valence-electron chi connectivity index (χ2n) is 3.76. The molecule has 0 atom stereocenters. The molecule has 0 unspecified atom stereocenters. The Bertz CT molecular complexity index is 563. The van der Waals surface area contributed by atoms with Gasteiger partial charge in [-0.2, -0.15) is 5.10 Å². The predicted molar refractivity (Wildman–Crippen MR) is 65.8 cm³/mol. The summed E-state index contributed by atoms with van der Waals surface area (Å²) in [4.78, 5) is 26.0. The molecule has 0 radical (unpaired) electrons. The maximum absolute atomic E-state index is 11.7. The van der Waals surface area contributed by atoms with E-state index in [0.29, 0.717) is 18.7 Å². The Balaban J connectivity index is 1.87. The number of nitrogens with zero attached hydrogens (tertiary/aromatic N) is 3. The smallest absolute Gasteiger partial charge is 0.354 e. The Morgan fingerprint density at radius 2 is 2.21 bits per heavy atom. The summed E-state index contributed by atoms with van der Waals surface area (Å²) >= 11 is 0. The van der Waals surface area contributed by atoms with Crippen LogP contribution < -0.4 is 5.32 Å². The summed E-state index contributed by atoms with van der Waals surface area (Å²) in [7, 11) is 0. The zero-order chi connectivity index (χ0) is 13.7. The van der Waals surface area contributed by atoms with Crippen molar-refractivity contribution >= 4 is 11.9 Å². The number of carbonyl (C=O) groups is 2. The second kappa shape index (κ2) is 5.76. The Kier molecular flexibility index (Phi) is 3.87. The summed E-state index contributed by atoms with van der Waals surface area (Å²) < 4.78 is 1.70. The average molecular weight is 260 g/mol. The normalized spacial score (nSPS) is 10.1. The molecular formula is C12H12N4O3. The van der Waals surface area contributed by atoms with E-state index in [9.17, 15) is 9.59 Å². The van der Waals surface area contributed by atoms with Gasteiger partial charge in [0, 0.05) is 25.1 Å². The number of rotatable bonds is 5. The van der Waals surface area contributed by atoms with Crippen LogP contribution in [0.25, 0.3) is 0 Å². The first-order valence-corrected chi connectivity index (χ1v) is 5.62. The number of carboxylic acid groups (broad SMARTS) is 1. The number of nitrogens with one attached hydrogen (secondary N) is 1. The molecule has 2 N–H and O–H groups in total. The Morgan fingerprint density at radius 3 is 2.79 bits per heavy atom. The van der Waals surface area contributed by atoms with Crippen LogP contribution in [0.2, 0.25) is 0 Å². The van der Waals surface area contributed by atoms with E-state index in [1.165, 1.54) is 18.3 Å².